The van der Waals surface area contributed by atoms with Gasteiger partial charge in [0.15, 0.2) is 0 Å². The summed E-state index contributed by atoms with van der Waals surface area (Å²) in [7, 11) is 0. The largest absolute Gasteiger partial charge is 0.316 e. The molecule has 4 unspecified atom stereocenters. The predicted molar refractivity (Wildman–Crippen MR) is 76.3 cm³/mol. The minimum atomic E-state index is 0.717. The van der Waals surface area contributed by atoms with Crippen LogP contribution in [0, 0.1) is 17.8 Å². The molecule has 2 heteroatoms. The second-order valence-electron chi connectivity index (χ2n) is 6.16. The zero-order valence-electron chi connectivity index (χ0n) is 12.5. The number of likely N-dealkylation sites (tertiary alicyclic amines) is 1. The lowest BCUT2D eigenvalue weighted by atomic mass is 9.87. The molecule has 1 rings (SSSR count). The van der Waals surface area contributed by atoms with Gasteiger partial charge in [-0.3, -0.25) is 0 Å². The second-order valence-corrected chi connectivity index (χ2v) is 6.16. The van der Waals surface area contributed by atoms with Gasteiger partial charge in [-0.25, -0.2) is 0 Å². The van der Waals surface area contributed by atoms with E-state index in [2.05, 4.69) is 44.8 Å². The minimum absolute atomic E-state index is 0.717. The highest BCUT2D eigenvalue weighted by molar-refractivity contribution is 4.81. The van der Waals surface area contributed by atoms with E-state index in [1.807, 2.05) is 0 Å². The molecular formula is C15H32N2. The topological polar surface area (TPSA) is 15.3 Å². The van der Waals surface area contributed by atoms with Gasteiger partial charge in [0.1, 0.15) is 0 Å². The molecule has 102 valence electrons. The number of rotatable bonds is 6. The molecule has 0 aromatic heterocycles. The van der Waals surface area contributed by atoms with Gasteiger partial charge in [-0.1, -0.05) is 27.7 Å². The van der Waals surface area contributed by atoms with Crippen molar-refractivity contribution in [3.05, 3.63) is 0 Å². The second kappa shape index (κ2) is 7.38. The van der Waals surface area contributed by atoms with Crippen molar-refractivity contribution in [3.8, 4) is 0 Å². The van der Waals surface area contributed by atoms with Crippen LogP contribution in [0.2, 0.25) is 0 Å². The molecule has 0 bridgehead atoms. The molecule has 1 N–H and O–H groups in total. The highest BCUT2D eigenvalue weighted by Crippen LogP contribution is 2.25. The number of hydrogen-bond acceptors (Lipinski definition) is 2. The molecule has 0 amide bonds. The summed E-state index contributed by atoms with van der Waals surface area (Å²) in [5.74, 6) is 2.52. The van der Waals surface area contributed by atoms with Crippen LogP contribution in [-0.4, -0.2) is 37.1 Å². The third-order valence-electron chi connectivity index (χ3n) is 4.66. The molecule has 0 aliphatic carbocycles. The van der Waals surface area contributed by atoms with Crippen molar-refractivity contribution >= 4 is 0 Å². The Balaban J connectivity index is 2.33. The summed E-state index contributed by atoms with van der Waals surface area (Å²) in [6, 6.07) is 0.717. The summed E-state index contributed by atoms with van der Waals surface area (Å²) in [5.41, 5.74) is 0. The SMILES string of the molecule is CCCNCC(C)C(C)N1CCC(C)C(C)C1. The van der Waals surface area contributed by atoms with E-state index >= 15 is 0 Å². The first kappa shape index (κ1) is 15.0. The van der Waals surface area contributed by atoms with E-state index in [9.17, 15) is 0 Å². The highest BCUT2D eigenvalue weighted by atomic mass is 15.2. The van der Waals surface area contributed by atoms with Crippen molar-refractivity contribution in [2.24, 2.45) is 17.8 Å². The summed E-state index contributed by atoms with van der Waals surface area (Å²) in [6.45, 7) is 16.7. The molecular weight excluding hydrogens is 208 g/mol. The Labute approximate surface area is 108 Å². The van der Waals surface area contributed by atoms with Crippen molar-refractivity contribution in [1.29, 1.82) is 0 Å². The standard InChI is InChI=1S/C15H32N2/c1-6-8-16-10-13(3)15(5)17-9-7-12(2)14(4)11-17/h12-16H,6-11H2,1-5H3. The van der Waals surface area contributed by atoms with Crippen LogP contribution in [0.15, 0.2) is 0 Å². The predicted octanol–water partition coefficient (Wildman–Crippen LogP) is 2.99. The molecule has 1 fully saturated rings. The van der Waals surface area contributed by atoms with Gasteiger partial charge in [0.05, 0.1) is 0 Å². The first-order valence-corrected chi connectivity index (χ1v) is 7.51. The summed E-state index contributed by atoms with van der Waals surface area (Å²) in [6.07, 6.45) is 2.61. The maximum absolute atomic E-state index is 3.55. The van der Waals surface area contributed by atoms with Crippen molar-refractivity contribution in [2.75, 3.05) is 26.2 Å². The lowest BCUT2D eigenvalue weighted by Crippen LogP contribution is -2.47. The number of nitrogens with one attached hydrogen (secondary N) is 1. The molecule has 17 heavy (non-hydrogen) atoms. The Bertz CT molecular complexity index is 205. The lowest BCUT2D eigenvalue weighted by molar-refractivity contribution is 0.0783. The highest BCUT2D eigenvalue weighted by Gasteiger charge is 2.27. The van der Waals surface area contributed by atoms with Crippen LogP contribution in [0.1, 0.15) is 47.5 Å². The molecule has 0 aromatic rings. The summed E-state index contributed by atoms with van der Waals surface area (Å²) < 4.78 is 0. The monoisotopic (exact) mass is 240 g/mol. The lowest BCUT2D eigenvalue weighted by Gasteiger charge is -2.41. The zero-order chi connectivity index (χ0) is 12.8. The van der Waals surface area contributed by atoms with E-state index < -0.39 is 0 Å². The smallest absolute Gasteiger partial charge is 0.0105 e. The van der Waals surface area contributed by atoms with Gasteiger partial charge >= 0.3 is 0 Å². The maximum atomic E-state index is 3.55. The molecule has 1 saturated heterocycles. The van der Waals surface area contributed by atoms with Gasteiger partial charge in [-0.15, -0.1) is 0 Å². The summed E-state index contributed by atoms with van der Waals surface area (Å²) in [5, 5.41) is 3.55. The summed E-state index contributed by atoms with van der Waals surface area (Å²) in [4.78, 5) is 2.70. The Hall–Kier alpha value is -0.0800. The third kappa shape index (κ3) is 4.59. The summed E-state index contributed by atoms with van der Waals surface area (Å²) >= 11 is 0. The van der Waals surface area contributed by atoms with Gasteiger partial charge < -0.3 is 10.2 Å². The van der Waals surface area contributed by atoms with Crippen LogP contribution in [0.5, 0.6) is 0 Å². The van der Waals surface area contributed by atoms with Crippen molar-refractivity contribution in [1.82, 2.24) is 10.2 Å². The maximum Gasteiger partial charge on any atom is 0.0105 e. The van der Waals surface area contributed by atoms with Gasteiger partial charge in [0.25, 0.3) is 0 Å². The first-order valence-electron chi connectivity index (χ1n) is 7.51. The molecule has 1 aliphatic heterocycles. The van der Waals surface area contributed by atoms with Crippen LogP contribution in [0.3, 0.4) is 0 Å². The van der Waals surface area contributed by atoms with E-state index in [0.29, 0.717) is 6.04 Å². The average molecular weight is 240 g/mol. The van der Waals surface area contributed by atoms with Gasteiger partial charge in [0, 0.05) is 12.6 Å². The zero-order valence-corrected chi connectivity index (χ0v) is 12.5. The number of nitrogens with zero attached hydrogens (tertiary/aromatic N) is 1. The van der Waals surface area contributed by atoms with Crippen molar-refractivity contribution in [3.63, 3.8) is 0 Å². The number of piperidine rings is 1. The normalized spacial score (nSPS) is 30.2. The van der Waals surface area contributed by atoms with Crippen molar-refractivity contribution in [2.45, 2.75) is 53.5 Å². The molecule has 0 spiro atoms. The fraction of sp³-hybridized carbons (Fsp3) is 1.00. The first-order chi connectivity index (χ1) is 8.06. The molecule has 0 radical (unpaired) electrons. The Morgan fingerprint density at radius 3 is 2.53 bits per heavy atom. The van der Waals surface area contributed by atoms with Gasteiger partial charge in [-0.05, 0) is 57.2 Å². The molecule has 2 nitrogen and oxygen atoms in total. The fourth-order valence-electron chi connectivity index (χ4n) is 2.70. The molecule has 4 atom stereocenters. The Morgan fingerprint density at radius 1 is 1.24 bits per heavy atom. The van der Waals surface area contributed by atoms with Crippen LogP contribution < -0.4 is 5.32 Å². The third-order valence-corrected chi connectivity index (χ3v) is 4.66. The van der Waals surface area contributed by atoms with Crippen molar-refractivity contribution < 1.29 is 0 Å². The Morgan fingerprint density at radius 2 is 1.94 bits per heavy atom. The van der Waals surface area contributed by atoms with E-state index in [0.717, 1.165) is 30.8 Å². The van der Waals surface area contributed by atoms with Crippen LogP contribution in [0.25, 0.3) is 0 Å². The van der Waals surface area contributed by atoms with E-state index in [1.165, 1.54) is 25.9 Å². The van der Waals surface area contributed by atoms with Gasteiger partial charge in [0.2, 0.25) is 0 Å². The number of hydrogen-bond donors (Lipinski definition) is 1. The van der Waals surface area contributed by atoms with E-state index in [4.69, 9.17) is 0 Å². The molecule has 0 saturated carbocycles. The Kier molecular flexibility index (Phi) is 6.50. The van der Waals surface area contributed by atoms with E-state index in [1.54, 1.807) is 0 Å². The molecule has 1 aliphatic rings. The molecule has 1 heterocycles. The fourth-order valence-corrected chi connectivity index (χ4v) is 2.70. The molecule has 0 aromatic carbocycles. The quantitative estimate of drug-likeness (QED) is 0.718. The van der Waals surface area contributed by atoms with Crippen LogP contribution in [0.4, 0.5) is 0 Å². The van der Waals surface area contributed by atoms with Crippen LogP contribution in [-0.2, 0) is 0 Å². The van der Waals surface area contributed by atoms with E-state index in [-0.39, 0.29) is 0 Å². The van der Waals surface area contributed by atoms with Gasteiger partial charge in [-0.2, -0.15) is 0 Å². The minimum Gasteiger partial charge on any atom is -0.316 e. The van der Waals surface area contributed by atoms with Crippen LogP contribution >= 0.6 is 0 Å². The average Bonchev–Trinajstić information content (AvgIpc) is 2.32.